The predicted octanol–water partition coefficient (Wildman–Crippen LogP) is 3.70. The summed E-state index contributed by atoms with van der Waals surface area (Å²) in [6.07, 6.45) is 4.53. The fraction of sp³-hybridized carbons (Fsp3) is 0.562. The van der Waals surface area contributed by atoms with Crippen molar-refractivity contribution in [2.75, 3.05) is 20.2 Å². The topological polar surface area (TPSA) is 24.8 Å². The van der Waals surface area contributed by atoms with E-state index >= 15 is 0 Å². The Labute approximate surface area is 116 Å². The lowest BCUT2D eigenvalue weighted by atomic mass is 10.1. The Hall–Kier alpha value is -1.51. The third-order valence-corrected chi connectivity index (χ3v) is 3.56. The minimum Gasteiger partial charge on any atom is -0.493 e. The Kier molecular flexibility index (Phi) is 4.46. The molecule has 0 amide bonds. The zero-order chi connectivity index (χ0) is 13.8. The van der Waals surface area contributed by atoms with Crippen LogP contribution in [0.2, 0.25) is 0 Å². The monoisotopic (exact) mass is 260 g/mol. The molecule has 3 nitrogen and oxygen atoms in total. The summed E-state index contributed by atoms with van der Waals surface area (Å²) in [5, 5.41) is 0. The number of benzene rings is 1. The molecule has 0 N–H and O–H groups in total. The van der Waals surface area contributed by atoms with Gasteiger partial charge in [-0.15, -0.1) is 0 Å². The van der Waals surface area contributed by atoms with E-state index in [4.69, 9.17) is 4.74 Å². The van der Waals surface area contributed by atoms with Crippen molar-refractivity contribution in [3.05, 3.63) is 23.3 Å². The molecule has 0 heterocycles. The molecule has 0 aliphatic heterocycles. The largest absolute Gasteiger partial charge is 0.493 e. The zero-order valence-electron chi connectivity index (χ0n) is 12.4. The highest BCUT2D eigenvalue weighted by Gasteiger charge is 2.22. The van der Waals surface area contributed by atoms with E-state index in [1.54, 1.807) is 0 Å². The molecule has 104 valence electrons. The van der Waals surface area contributed by atoms with Gasteiger partial charge in [-0.25, -0.2) is 4.99 Å². The van der Waals surface area contributed by atoms with Gasteiger partial charge in [0.1, 0.15) is 5.75 Å². The third-order valence-electron chi connectivity index (χ3n) is 3.56. The van der Waals surface area contributed by atoms with E-state index in [9.17, 15) is 0 Å². The van der Waals surface area contributed by atoms with Crippen molar-refractivity contribution in [1.29, 1.82) is 0 Å². The Morgan fingerprint density at radius 3 is 2.68 bits per heavy atom. The van der Waals surface area contributed by atoms with E-state index in [1.807, 2.05) is 13.4 Å². The molecule has 0 spiro atoms. The minimum absolute atomic E-state index is 0.788. The van der Waals surface area contributed by atoms with E-state index in [-0.39, 0.29) is 0 Å². The van der Waals surface area contributed by atoms with Crippen molar-refractivity contribution in [3.63, 3.8) is 0 Å². The van der Waals surface area contributed by atoms with Crippen LogP contribution in [0.15, 0.2) is 17.1 Å². The van der Waals surface area contributed by atoms with Gasteiger partial charge in [-0.3, -0.25) is 0 Å². The second kappa shape index (κ2) is 6.09. The molecule has 0 aromatic heterocycles. The zero-order valence-corrected chi connectivity index (χ0v) is 12.4. The predicted molar refractivity (Wildman–Crippen MR) is 80.6 cm³/mol. The average molecular weight is 260 g/mol. The van der Waals surface area contributed by atoms with Gasteiger partial charge in [-0.2, -0.15) is 0 Å². The maximum atomic E-state index is 5.88. The Balaban J connectivity index is 2.08. The lowest BCUT2D eigenvalue weighted by Crippen LogP contribution is -2.14. The first-order valence-electron chi connectivity index (χ1n) is 7.08. The number of hydrogen-bond acceptors (Lipinski definition) is 2. The van der Waals surface area contributed by atoms with Gasteiger partial charge in [0.15, 0.2) is 0 Å². The van der Waals surface area contributed by atoms with Gasteiger partial charge in [0, 0.05) is 13.6 Å². The van der Waals surface area contributed by atoms with Gasteiger partial charge >= 0.3 is 0 Å². The van der Waals surface area contributed by atoms with Crippen molar-refractivity contribution >= 4 is 12.0 Å². The molecule has 0 bridgehead atoms. The Morgan fingerprint density at radius 1 is 1.32 bits per heavy atom. The van der Waals surface area contributed by atoms with Crippen molar-refractivity contribution in [1.82, 2.24) is 4.90 Å². The molecule has 1 fully saturated rings. The minimum atomic E-state index is 0.788. The fourth-order valence-electron chi connectivity index (χ4n) is 1.80. The van der Waals surface area contributed by atoms with Gasteiger partial charge in [0.2, 0.25) is 0 Å². The van der Waals surface area contributed by atoms with E-state index in [0.29, 0.717) is 0 Å². The maximum Gasteiger partial charge on any atom is 0.122 e. The van der Waals surface area contributed by atoms with Crippen LogP contribution in [0.25, 0.3) is 0 Å². The molecule has 1 aromatic carbocycles. The molecule has 0 saturated heterocycles. The highest BCUT2D eigenvalue weighted by atomic mass is 16.5. The molecule has 0 atom stereocenters. The SMILES string of the molecule is CCN(C)/C=N/c1cc(C)c(OCC2CC2)cc1C. The van der Waals surface area contributed by atoms with Crippen molar-refractivity contribution < 1.29 is 4.74 Å². The van der Waals surface area contributed by atoms with Crippen molar-refractivity contribution in [3.8, 4) is 5.75 Å². The lowest BCUT2D eigenvalue weighted by Gasteiger charge is -2.12. The van der Waals surface area contributed by atoms with E-state index in [0.717, 1.165) is 41.6 Å². The molecule has 1 aliphatic carbocycles. The number of rotatable bonds is 6. The molecule has 19 heavy (non-hydrogen) atoms. The van der Waals surface area contributed by atoms with Crippen LogP contribution in [-0.4, -0.2) is 31.4 Å². The highest BCUT2D eigenvalue weighted by molar-refractivity contribution is 5.64. The van der Waals surface area contributed by atoms with Crippen LogP contribution >= 0.6 is 0 Å². The summed E-state index contributed by atoms with van der Waals surface area (Å²) >= 11 is 0. The first-order chi connectivity index (χ1) is 9.10. The summed E-state index contributed by atoms with van der Waals surface area (Å²) in [5.74, 6) is 1.79. The summed E-state index contributed by atoms with van der Waals surface area (Å²) in [6.45, 7) is 8.11. The summed E-state index contributed by atoms with van der Waals surface area (Å²) in [6, 6.07) is 4.22. The van der Waals surface area contributed by atoms with Gasteiger partial charge in [0.05, 0.1) is 18.6 Å². The van der Waals surface area contributed by atoms with Crippen molar-refractivity contribution in [2.45, 2.75) is 33.6 Å². The van der Waals surface area contributed by atoms with E-state index in [2.05, 4.69) is 42.8 Å². The lowest BCUT2D eigenvalue weighted by molar-refractivity contribution is 0.297. The normalized spacial score (nSPS) is 14.9. The van der Waals surface area contributed by atoms with Gasteiger partial charge in [-0.1, -0.05) is 0 Å². The quantitative estimate of drug-likeness (QED) is 0.575. The third kappa shape index (κ3) is 3.98. The molecule has 2 rings (SSSR count). The number of nitrogens with zero attached hydrogens (tertiary/aromatic N) is 2. The summed E-state index contributed by atoms with van der Waals surface area (Å²) in [7, 11) is 2.03. The summed E-state index contributed by atoms with van der Waals surface area (Å²) < 4.78 is 5.88. The smallest absolute Gasteiger partial charge is 0.122 e. The van der Waals surface area contributed by atoms with Crippen LogP contribution in [0.3, 0.4) is 0 Å². The van der Waals surface area contributed by atoms with Crippen LogP contribution in [0.4, 0.5) is 5.69 Å². The first kappa shape index (κ1) is 13.9. The van der Waals surface area contributed by atoms with Crippen LogP contribution in [0.5, 0.6) is 5.75 Å². The van der Waals surface area contributed by atoms with E-state index < -0.39 is 0 Å². The van der Waals surface area contributed by atoms with Crippen LogP contribution < -0.4 is 4.74 Å². The molecule has 1 saturated carbocycles. The number of ether oxygens (including phenoxy) is 1. The van der Waals surface area contributed by atoms with Gasteiger partial charge in [0.25, 0.3) is 0 Å². The number of aryl methyl sites for hydroxylation is 2. The second-order valence-electron chi connectivity index (χ2n) is 5.48. The molecular weight excluding hydrogens is 236 g/mol. The van der Waals surface area contributed by atoms with Crippen LogP contribution in [0, 0.1) is 19.8 Å². The van der Waals surface area contributed by atoms with Crippen LogP contribution in [0.1, 0.15) is 30.9 Å². The Bertz CT molecular complexity index is 464. The number of hydrogen-bond donors (Lipinski definition) is 0. The average Bonchev–Trinajstić information content (AvgIpc) is 3.21. The van der Waals surface area contributed by atoms with Gasteiger partial charge < -0.3 is 9.64 Å². The molecule has 1 aromatic rings. The second-order valence-corrected chi connectivity index (χ2v) is 5.48. The van der Waals surface area contributed by atoms with Gasteiger partial charge in [-0.05, 0) is 62.8 Å². The maximum absolute atomic E-state index is 5.88. The Morgan fingerprint density at radius 2 is 2.05 bits per heavy atom. The summed E-state index contributed by atoms with van der Waals surface area (Å²) in [4.78, 5) is 6.59. The van der Waals surface area contributed by atoms with Crippen LogP contribution in [-0.2, 0) is 0 Å². The molecular formula is C16H24N2O. The fourth-order valence-corrected chi connectivity index (χ4v) is 1.80. The molecule has 0 radical (unpaired) electrons. The number of aliphatic imine (C=N–C) groups is 1. The first-order valence-corrected chi connectivity index (χ1v) is 7.08. The van der Waals surface area contributed by atoms with E-state index in [1.165, 1.54) is 12.8 Å². The molecule has 3 heteroatoms. The molecule has 0 unspecified atom stereocenters. The molecule has 1 aliphatic rings. The highest BCUT2D eigenvalue weighted by Crippen LogP contribution is 2.32. The standard InChI is InChI=1S/C16H24N2O/c1-5-18(4)11-17-15-8-13(3)16(9-12(15)2)19-10-14-6-7-14/h8-9,11,14H,5-7,10H2,1-4H3/b17-11+. The summed E-state index contributed by atoms with van der Waals surface area (Å²) in [5.41, 5.74) is 3.35. The van der Waals surface area contributed by atoms with Crippen molar-refractivity contribution in [2.24, 2.45) is 10.9 Å².